The highest BCUT2D eigenvalue weighted by atomic mass is 19.4. The van der Waals surface area contributed by atoms with E-state index in [1.807, 2.05) is 0 Å². The third-order valence-corrected chi connectivity index (χ3v) is 4.32. The summed E-state index contributed by atoms with van der Waals surface area (Å²) in [6, 6.07) is 4.37. The normalized spacial score (nSPS) is 15.4. The molecule has 0 aromatic heterocycles. The van der Waals surface area contributed by atoms with Crippen LogP contribution in [0.5, 0.6) is 0 Å². The Morgan fingerprint density at radius 3 is 1.71 bits per heavy atom. The quantitative estimate of drug-likeness (QED) is 0.759. The summed E-state index contributed by atoms with van der Waals surface area (Å²) in [7, 11) is 0. The number of benzene rings is 1. The highest BCUT2D eigenvalue weighted by Crippen LogP contribution is 2.40. The molecule has 0 radical (unpaired) electrons. The second-order valence-corrected chi connectivity index (χ2v) is 6.20. The lowest BCUT2D eigenvalue weighted by atomic mass is 9.80. The van der Waals surface area contributed by atoms with Gasteiger partial charge in [0.2, 0.25) is 0 Å². The maximum absolute atomic E-state index is 12.9. The van der Waals surface area contributed by atoms with Crippen LogP contribution in [0.25, 0.3) is 0 Å². The van der Waals surface area contributed by atoms with Gasteiger partial charge in [-0.3, -0.25) is 0 Å². The number of alkyl halides is 3. The molecular weight excluding hydrogens is 375 g/mol. The van der Waals surface area contributed by atoms with E-state index in [4.69, 9.17) is 9.47 Å². The Hall–Kier alpha value is -2.77. The third kappa shape index (κ3) is 4.37. The molecule has 0 atom stereocenters. The van der Waals surface area contributed by atoms with Crippen molar-refractivity contribution in [1.29, 1.82) is 0 Å². The first-order valence-electron chi connectivity index (χ1n) is 8.81. The number of hydrogen-bond donors (Lipinski definition) is 1. The molecule has 0 bridgehead atoms. The Bertz CT molecular complexity index is 783. The van der Waals surface area contributed by atoms with Crippen LogP contribution in [0.2, 0.25) is 0 Å². The van der Waals surface area contributed by atoms with Crippen molar-refractivity contribution >= 4 is 11.9 Å². The molecule has 1 heterocycles. The molecule has 0 unspecified atom stereocenters. The van der Waals surface area contributed by atoms with E-state index < -0.39 is 29.6 Å². The van der Waals surface area contributed by atoms with E-state index in [0.29, 0.717) is 17.0 Å². The van der Waals surface area contributed by atoms with Gasteiger partial charge >= 0.3 is 18.1 Å². The largest absolute Gasteiger partial charge is 0.463 e. The molecule has 2 rings (SSSR count). The summed E-state index contributed by atoms with van der Waals surface area (Å²) in [6.07, 6.45) is -4.49. The number of ether oxygens (including phenoxy) is 2. The Morgan fingerprint density at radius 2 is 1.36 bits per heavy atom. The topological polar surface area (TPSA) is 64.6 Å². The molecule has 1 aromatic rings. The van der Waals surface area contributed by atoms with Crippen molar-refractivity contribution in [3.05, 3.63) is 57.9 Å². The van der Waals surface area contributed by atoms with E-state index in [1.165, 1.54) is 12.1 Å². The summed E-state index contributed by atoms with van der Waals surface area (Å²) in [5, 5.41) is 2.97. The summed E-state index contributed by atoms with van der Waals surface area (Å²) >= 11 is 0. The number of dihydropyridines is 1. The van der Waals surface area contributed by atoms with Crippen molar-refractivity contribution in [2.75, 3.05) is 13.2 Å². The number of carbonyl (C=O) groups is 2. The number of esters is 2. The molecule has 5 nitrogen and oxygen atoms in total. The fraction of sp³-hybridized carbons (Fsp3) is 0.400. The molecule has 28 heavy (non-hydrogen) atoms. The Labute approximate surface area is 161 Å². The van der Waals surface area contributed by atoms with Gasteiger partial charge in [-0.15, -0.1) is 0 Å². The second-order valence-electron chi connectivity index (χ2n) is 6.20. The van der Waals surface area contributed by atoms with Gasteiger partial charge in [0.15, 0.2) is 0 Å². The average Bonchev–Trinajstić information content (AvgIpc) is 2.60. The van der Waals surface area contributed by atoms with Crippen molar-refractivity contribution in [2.24, 2.45) is 0 Å². The first-order chi connectivity index (χ1) is 13.1. The van der Waals surface area contributed by atoms with Crippen LogP contribution in [0.15, 0.2) is 46.8 Å². The molecule has 0 saturated heterocycles. The number of carbonyl (C=O) groups excluding carboxylic acids is 2. The summed E-state index contributed by atoms with van der Waals surface area (Å²) in [6.45, 7) is 6.82. The fourth-order valence-electron chi connectivity index (χ4n) is 3.15. The van der Waals surface area contributed by atoms with Gasteiger partial charge in [-0.2, -0.15) is 13.2 Å². The molecule has 1 aromatic carbocycles. The number of hydrogen-bond acceptors (Lipinski definition) is 5. The van der Waals surface area contributed by atoms with Crippen LogP contribution in [0.4, 0.5) is 13.2 Å². The van der Waals surface area contributed by atoms with Crippen molar-refractivity contribution in [3.8, 4) is 0 Å². The van der Waals surface area contributed by atoms with E-state index >= 15 is 0 Å². The minimum absolute atomic E-state index is 0.118. The van der Waals surface area contributed by atoms with Gasteiger partial charge in [-0.05, 0) is 45.4 Å². The highest BCUT2D eigenvalue weighted by molar-refractivity contribution is 5.99. The fourth-order valence-corrected chi connectivity index (χ4v) is 3.15. The SMILES string of the molecule is CCOC(=O)C1=C(C)NC(C)=C(C(=O)OCC)C1c1ccc(C(F)(F)F)cc1. The lowest BCUT2D eigenvalue weighted by Gasteiger charge is -2.30. The Balaban J connectivity index is 2.62. The monoisotopic (exact) mass is 397 g/mol. The summed E-state index contributed by atoms with van der Waals surface area (Å²) in [5.41, 5.74) is 0.801. The van der Waals surface area contributed by atoms with Crippen molar-refractivity contribution < 1.29 is 32.2 Å². The van der Waals surface area contributed by atoms with Crippen LogP contribution in [0, 0.1) is 0 Å². The maximum atomic E-state index is 12.9. The van der Waals surface area contributed by atoms with E-state index in [2.05, 4.69) is 5.32 Å². The molecule has 0 amide bonds. The van der Waals surface area contributed by atoms with Crippen LogP contribution >= 0.6 is 0 Å². The molecule has 1 aliphatic heterocycles. The standard InChI is InChI=1S/C20H22F3NO4/c1-5-27-18(25)15-11(3)24-12(4)16(19(26)28-6-2)17(15)13-7-9-14(10-8-13)20(21,22)23/h7-10,17,24H,5-6H2,1-4H3. The molecule has 0 fully saturated rings. The third-order valence-electron chi connectivity index (χ3n) is 4.32. The van der Waals surface area contributed by atoms with Crippen LogP contribution in [0.3, 0.4) is 0 Å². The van der Waals surface area contributed by atoms with Gasteiger partial charge < -0.3 is 14.8 Å². The molecule has 1 N–H and O–H groups in total. The van der Waals surface area contributed by atoms with Gasteiger partial charge in [0.05, 0.1) is 35.8 Å². The van der Waals surface area contributed by atoms with Crippen molar-refractivity contribution in [1.82, 2.24) is 5.32 Å². The smallest absolute Gasteiger partial charge is 0.416 e. The lowest BCUT2D eigenvalue weighted by Crippen LogP contribution is -2.32. The first-order valence-corrected chi connectivity index (χ1v) is 8.81. The first kappa shape index (κ1) is 21.5. The van der Waals surface area contributed by atoms with Gasteiger partial charge in [0.25, 0.3) is 0 Å². The maximum Gasteiger partial charge on any atom is 0.416 e. The van der Waals surface area contributed by atoms with Crippen LogP contribution in [0.1, 0.15) is 44.7 Å². The van der Waals surface area contributed by atoms with E-state index in [1.54, 1.807) is 27.7 Å². The highest BCUT2D eigenvalue weighted by Gasteiger charge is 2.38. The van der Waals surface area contributed by atoms with Gasteiger partial charge in [-0.25, -0.2) is 9.59 Å². The zero-order valence-corrected chi connectivity index (χ0v) is 16.1. The van der Waals surface area contributed by atoms with Crippen molar-refractivity contribution in [3.63, 3.8) is 0 Å². The van der Waals surface area contributed by atoms with E-state index in [-0.39, 0.29) is 24.4 Å². The molecule has 0 saturated carbocycles. The number of allylic oxidation sites excluding steroid dienone is 2. The van der Waals surface area contributed by atoms with E-state index in [0.717, 1.165) is 12.1 Å². The minimum atomic E-state index is -4.49. The van der Waals surface area contributed by atoms with Crippen LogP contribution < -0.4 is 5.32 Å². The molecule has 8 heteroatoms. The van der Waals surface area contributed by atoms with Gasteiger partial charge in [-0.1, -0.05) is 12.1 Å². The van der Waals surface area contributed by atoms with Crippen molar-refractivity contribution in [2.45, 2.75) is 39.8 Å². The molecule has 0 spiro atoms. The van der Waals surface area contributed by atoms with Crippen LogP contribution in [-0.2, 0) is 25.2 Å². The van der Waals surface area contributed by atoms with E-state index in [9.17, 15) is 22.8 Å². The number of halogens is 3. The van der Waals surface area contributed by atoms with Crippen LogP contribution in [-0.4, -0.2) is 25.2 Å². The molecule has 1 aliphatic rings. The van der Waals surface area contributed by atoms with Gasteiger partial charge in [0.1, 0.15) is 0 Å². The number of nitrogens with one attached hydrogen (secondary N) is 1. The Morgan fingerprint density at radius 1 is 0.929 bits per heavy atom. The average molecular weight is 397 g/mol. The summed E-state index contributed by atoms with van der Waals surface area (Å²) < 4.78 is 49.0. The zero-order chi connectivity index (χ0) is 21.1. The summed E-state index contributed by atoms with van der Waals surface area (Å²) in [5.74, 6) is -2.19. The predicted molar refractivity (Wildman–Crippen MR) is 96.0 cm³/mol. The zero-order valence-electron chi connectivity index (χ0n) is 16.1. The predicted octanol–water partition coefficient (Wildman–Crippen LogP) is 4.07. The molecular formula is C20H22F3NO4. The Kier molecular flexibility index (Phi) is 6.53. The molecule has 0 aliphatic carbocycles. The minimum Gasteiger partial charge on any atom is -0.463 e. The molecule has 152 valence electrons. The van der Waals surface area contributed by atoms with Gasteiger partial charge in [0, 0.05) is 11.4 Å². The number of rotatable bonds is 5. The second kappa shape index (κ2) is 8.50. The lowest BCUT2D eigenvalue weighted by molar-refractivity contribution is -0.140. The summed E-state index contributed by atoms with van der Waals surface area (Å²) in [4.78, 5) is 25.2.